The summed E-state index contributed by atoms with van der Waals surface area (Å²) in [6.07, 6.45) is 5.93. The van der Waals surface area contributed by atoms with E-state index in [1.165, 1.54) is 25.0 Å². The van der Waals surface area contributed by atoms with Crippen LogP contribution in [0.4, 0.5) is 0 Å². The van der Waals surface area contributed by atoms with Crippen LogP contribution in [-0.2, 0) is 6.54 Å². The molecule has 0 saturated heterocycles. The van der Waals surface area contributed by atoms with Crippen LogP contribution in [0, 0.1) is 0 Å². The molecule has 0 spiro atoms. The van der Waals surface area contributed by atoms with E-state index >= 15 is 0 Å². The molecule has 1 aliphatic carbocycles. The first-order valence-electron chi connectivity index (χ1n) is 6.21. The lowest BCUT2D eigenvalue weighted by molar-refractivity contribution is 0.412. The summed E-state index contributed by atoms with van der Waals surface area (Å²) >= 11 is 0. The van der Waals surface area contributed by atoms with Crippen molar-refractivity contribution < 1.29 is 0 Å². The maximum absolute atomic E-state index is 5.58. The second-order valence-corrected chi connectivity index (χ2v) is 4.72. The van der Waals surface area contributed by atoms with Gasteiger partial charge in [0, 0.05) is 29.9 Å². The topological polar surface area (TPSA) is 54.7 Å². The van der Waals surface area contributed by atoms with E-state index in [4.69, 9.17) is 5.73 Å². The van der Waals surface area contributed by atoms with Gasteiger partial charge in [-0.2, -0.15) is 0 Å². The van der Waals surface area contributed by atoms with Crippen LogP contribution in [0.2, 0.25) is 0 Å². The van der Waals surface area contributed by atoms with Gasteiger partial charge in [-0.25, -0.2) is 4.98 Å². The third-order valence-electron chi connectivity index (χ3n) is 3.60. The normalized spacial score (nSPS) is 15.8. The third kappa shape index (κ3) is 1.98. The fraction of sp³-hybridized carbons (Fsp3) is 0.357. The van der Waals surface area contributed by atoms with Crippen molar-refractivity contribution in [2.45, 2.75) is 31.7 Å². The molecule has 1 saturated carbocycles. The summed E-state index contributed by atoms with van der Waals surface area (Å²) in [4.78, 5) is 7.88. The molecule has 0 bridgehead atoms. The maximum Gasteiger partial charge on any atom is 0.137 e. The van der Waals surface area contributed by atoms with E-state index in [0.29, 0.717) is 12.5 Å². The van der Waals surface area contributed by atoms with Gasteiger partial charge in [-0.1, -0.05) is 30.7 Å². The molecular weight excluding hydrogens is 210 g/mol. The van der Waals surface area contributed by atoms with Crippen molar-refractivity contribution >= 4 is 0 Å². The highest BCUT2D eigenvalue weighted by molar-refractivity contribution is 5.55. The number of rotatable bonds is 3. The Morgan fingerprint density at radius 3 is 2.59 bits per heavy atom. The van der Waals surface area contributed by atoms with E-state index in [1.807, 2.05) is 6.20 Å². The van der Waals surface area contributed by atoms with E-state index in [-0.39, 0.29) is 0 Å². The first kappa shape index (κ1) is 10.5. The molecule has 3 heteroatoms. The maximum atomic E-state index is 5.58. The van der Waals surface area contributed by atoms with Crippen LogP contribution in [0.25, 0.3) is 11.4 Å². The van der Waals surface area contributed by atoms with Crippen molar-refractivity contribution in [1.82, 2.24) is 9.97 Å². The van der Waals surface area contributed by atoms with Crippen LogP contribution in [0.1, 0.15) is 36.4 Å². The molecule has 0 amide bonds. The second-order valence-electron chi connectivity index (χ2n) is 4.72. The predicted molar refractivity (Wildman–Crippen MR) is 68.5 cm³/mol. The average molecular weight is 227 g/mol. The van der Waals surface area contributed by atoms with Gasteiger partial charge in [0.05, 0.1) is 0 Å². The van der Waals surface area contributed by atoms with Gasteiger partial charge in [0.2, 0.25) is 0 Å². The molecule has 0 unspecified atom stereocenters. The summed E-state index contributed by atoms with van der Waals surface area (Å²) in [5, 5.41) is 0. The highest BCUT2D eigenvalue weighted by Crippen LogP contribution is 2.35. The highest BCUT2D eigenvalue weighted by Gasteiger charge is 2.21. The molecule has 17 heavy (non-hydrogen) atoms. The van der Waals surface area contributed by atoms with Crippen LogP contribution in [0.5, 0.6) is 0 Å². The van der Waals surface area contributed by atoms with Gasteiger partial charge in [0.25, 0.3) is 0 Å². The minimum atomic E-state index is 0.589. The Bertz CT molecular complexity index is 494. The van der Waals surface area contributed by atoms with Crippen LogP contribution in [-0.4, -0.2) is 9.97 Å². The number of H-pyrrole nitrogens is 1. The number of nitrogens with two attached hydrogens (primary N) is 1. The number of nitrogens with zero attached hydrogens (tertiary/aromatic N) is 1. The number of aromatic nitrogens is 2. The molecule has 1 fully saturated rings. The zero-order valence-electron chi connectivity index (χ0n) is 9.82. The number of imidazole rings is 1. The number of hydrogen-bond acceptors (Lipinski definition) is 2. The summed E-state index contributed by atoms with van der Waals surface area (Å²) < 4.78 is 0. The first-order chi connectivity index (χ1) is 8.36. The molecule has 2 aromatic rings. The van der Waals surface area contributed by atoms with E-state index in [9.17, 15) is 0 Å². The summed E-state index contributed by atoms with van der Waals surface area (Å²) in [6, 6.07) is 8.26. The molecule has 1 heterocycles. The summed E-state index contributed by atoms with van der Waals surface area (Å²) in [6.45, 7) is 0.589. The van der Waals surface area contributed by atoms with Gasteiger partial charge >= 0.3 is 0 Å². The van der Waals surface area contributed by atoms with Gasteiger partial charge in [-0.3, -0.25) is 0 Å². The third-order valence-corrected chi connectivity index (χ3v) is 3.60. The van der Waals surface area contributed by atoms with Gasteiger partial charge in [0.1, 0.15) is 5.82 Å². The Balaban J connectivity index is 1.84. The number of nitrogens with one attached hydrogen (secondary N) is 1. The zero-order valence-corrected chi connectivity index (χ0v) is 9.82. The Morgan fingerprint density at radius 1 is 1.24 bits per heavy atom. The fourth-order valence-corrected chi connectivity index (χ4v) is 2.21. The SMILES string of the molecule is NCc1ccc(-c2ncc(C3CCC3)[nH]2)cc1. The zero-order chi connectivity index (χ0) is 11.7. The lowest BCUT2D eigenvalue weighted by Gasteiger charge is -2.23. The molecular formula is C14H17N3. The lowest BCUT2D eigenvalue weighted by atomic mass is 9.83. The first-order valence-corrected chi connectivity index (χ1v) is 6.21. The monoisotopic (exact) mass is 227 g/mol. The molecule has 3 nitrogen and oxygen atoms in total. The smallest absolute Gasteiger partial charge is 0.137 e. The molecule has 1 aromatic heterocycles. The molecule has 1 aromatic carbocycles. The van der Waals surface area contributed by atoms with Gasteiger partial charge in [-0.15, -0.1) is 0 Å². The predicted octanol–water partition coefficient (Wildman–Crippen LogP) is 2.80. The van der Waals surface area contributed by atoms with E-state index < -0.39 is 0 Å². The molecule has 3 rings (SSSR count). The quantitative estimate of drug-likeness (QED) is 0.847. The average Bonchev–Trinajstić information content (AvgIpc) is 2.76. The molecule has 0 radical (unpaired) electrons. The van der Waals surface area contributed by atoms with Crippen molar-refractivity contribution in [2.24, 2.45) is 5.73 Å². The summed E-state index contributed by atoms with van der Waals surface area (Å²) in [7, 11) is 0. The summed E-state index contributed by atoms with van der Waals surface area (Å²) in [5.41, 5.74) is 9.16. The fourth-order valence-electron chi connectivity index (χ4n) is 2.21. The van der Waals surface area contributed by atoms with Gasteiger partial charge in [0.15, 0.2) is 0 Å². The largest absolute Gasteiger partial charge is 0.342 e. The Kier molecular flexibility index (Phi) is 2.69. The number of hydrogen-bond donors (Lipinski definition) is 2. The van der Waals surface area contributed by atoms with E-state index in [0.717, 1.165) is 17.0 Å². The highest BCUT2D eigenvalue weighted by atomic mass is 14.9. The number of aromatic amines is 1. The molecule has 3 N–H and O–H groups in total. The van der Waals surface area contributed by atoms with E-state index in [1.54, 1.807) is 0 Å². The van der Waals surface area contributed by atoms with Crippen LogP contribution >= 0.6 is 0 Å². The Hall–Kier alpha value is -1.61. The van der Waals surface area contributed by atoms with Crippen molar-refractivity contribution in [3.05, 3.63) is 41.7 Å². The van der Waals surface area contributed by atoms with Crippen LogP contribution < -0.4 is 5.73 Å². The molecule has 0 aliphatic heterocycles. The van der Waals surface area contributed by atoms with Crippen LogP contribution in [0.3, 0.4) is 0 Å². The van der Waals surface area contributed by atoms with Gasteiger partial charge < -0.3 is 10.7 Å². The van der Waals surface area contributed by atoms with E-state index in [2.05, 4.69) is 34.2 Å². The Morgan fingerprint density at radius 2 is 2.00 bits per heavy atom. The van der Waals surface area contributed by atoms with Crippen molar-refractivity contribution in [3.63, 3.8) is 0 Å². The minimum absolute atomic E-state index is 0.589. The molecule has 88 valence electrons. The van der Waals surface area contributed by atoms with Crippen molar-refractivity contribution in [3.8, 4) is 11.4 Å². The number of benzene rings is 1. The summed E-state index contributed by atoms with van der Waals surface area (Å²) in [5.74, 6) is 1.68. The molecule has 0 atom stereocenters. The van der Waals surface area contributed by atoms with Crippen LogP contribution in [0.15, 0.2) is 30.5 Å². The molecule has 1 aliphatic rings. The van der Waals surface area contributed by atoms with Crippen molar-refractivity contribution in [2.75, 3.05) is 0 Å². The standard InChI is InChI=1S/C14H17N3/c15-8-10-4-6-12(7-5-10)14-16-9-13(17-14)11-2-1-3-11/h4-7,9,11H,1-3,8,15H2,(H,16,17). The lowest BCUT2D eigenvalue weighted by Crippen LogP contribution is -2.08. The van der Waals surface area contributed by atoms with Crippen molar-refractivity contribution in [1.29, 1.82) is 0 Å². The Labute approximate surface area is 101 Å². The minimum Gasteiger partial charge on any atom is -0.342 e. The second kappa shape index (κ2) is 4.34. The van der Waals surface area contributed by atoms with Gasteiger partial charge in [-0.05, 0) is 18.4 Å².